The predicted molar refractivity (Wildman–Crippen MR) is 94.9 cm³/mol. The SMILES string of the molecule is COC(=O)c1cc(I)ccc1NC(=O)c1ccc(Cl)cc1Cl. The van der Waals surface area contributed by atoms with Crippen LogP contribution in [-0.2, 0) is 4.74 Å². The van der Waals surface area contributed by atoms with Crippen LogP contribution in [0.5, 0.6) is 0 Å². The van der Waals surface area contributed by atoms with Crippen LogP contribution in [-0.4, -0.2) is 19.0 Å². The van der Waals surface area contributed by atoms with E-state index in [1.54, 1.807) is 24.3 Å². The third-order valence-electron chi connectivity index (χ3n) is 2.81. The molecule has 0 saturated carbocycles. The molecule has 0 bridgehead atoms. The second kappa shape index (κ2) is 7.30. The summed E-state index contributed by atoms with van der Waals surface area (Å²) in [6.45, 7) is 0. The van der Waals surface area contributed by atoms with Gasteiger partial charge in [-0.05, 0) is 59.0 Å². The summed E-state index contributed by atoms with van der Waals surface area (Å²) >= 11 is 13.9. The summed E-state index contributed by atoms with van der Waals surface area (Å²) in [5.41, 5.74) is 0.886. The molecular formula is C15H10Cl2INO3. The first kappa shape index (κ1) is 17.1. The number of methoxy groups -OCH3 is 1. The molecule has 0 aliphatic heterocycles. The minimum Gasteiger partial charge on any atom is -0.465 e. The molecule has 2 aromatic rings. The summed E-state index contributed by atoms with van der Waals surface area (Å²) in [4.78, 5) is 24.1. The molecular weight excluding hydrogens is 440 g/mol. The molecule has 0 spiro atoms. The molecule has 1 amide bonds. The standard InChI is InChI=1S/C15H10Cl2INO3/c1-22-15(21)11-7-9(18)3-5-13(11)19-14(20)10-4-2-8(16)6-12(10)17/h2-7H,1H3,(H,19,20). The van der Waals surface area contributed by atoms with Gasteiger partial charge in [-0.3, -0.25) is 4.79 Å². The first-order valence-corrected chi connectivity index (χ1v) is 7.90. The minimum atomic E-state index is -0.531. The lowest BCUT2D eigenvalue weighted by atomic mass is 10.1. The van der Waals surface area contributed by atoms with Crippen LogP contribution >= 0.6 is 45.8 Å². The van der Waals surface area contributed by atoms with E-state index in [1.165, 1.54) is 19.2 Å². The number of halogens is 3. The summed E-state index contributed by atoms with van der Waals surface area (Å²) in [6, 6.07) is 9.60. The van der Waals surface area contributed by atoms with E-state index in [9.17, 15) is 9.59 Å². The summed E-state index contributed by atoms with van der Waals surface area (Å²) < 4.78 is 5.57. The maximum atomic E-state index is 12.3. The van der Waals surface area contributed by atoms with Crippen molar-refractivity contribution >= 4 is 63.4 Å². The van der Waals surface area contributed by atoms with Crippen molar-refractivity contribution in [1.29, 1.82) is 0 Å². The summed E-state index contributed by atoms with van der Waals surface area (Å²) in [5.74, 6) is -0.968. The van der Waals surface area contributed by atoms with Crippen LogP contribution in [0.15, 0.2) is 36.4 Å². The lowest BCUT2D eigenvalue weighted by molar-refractivity contribution is 0.0602. The van der Waals surface area contributed by atoms with Crippen molar-refractivity contribution in [3.8, 4) is 0 Å². The van der Waals surface area contributed by atoms with Crippen molar-refractivity contribution < 1.29 is 14.3 Å². The van der Waals surface area contributed by atoms with E-state index in [4.69, 9.17) is 27.9 Å². The number of esters is 1. The Morgan fingerprint density at radius 2 is 1.82 bits per heavy atom. The lowest BCUT2D eigenvalue weighted by Crippen LogP contribution is -2.16. The topological polar surface area (TPSA) is 55.4 Å². The fourth-order valence-electron chi connectivity index (χ4n) is 1.77. The van der Waals surface area contributed by atoms with Crippen LogP contribution in [0.25, 0.3) is 0 Å². The van der Waals surface area contributed by atoms with E-state index in [0.29, 0.717) is 10.7 Å². The van der Waals surface area contributed by atoms with Gasteiger partial charge in [-0.2, -0.15) is 0 Å². The fourth-order valence-corrected chi connectivity index (χ4v) is 2.75. The number of anilines is 1. The molecule has 22 heavy (non-hydrogen) atoms. The van der Waals surface area contributed by atoms with E-state index < -0.39 is 11.9 Å². The smallest absolute Gasteiger partial charge is 0.340 e. The molecule has 0 saturated heterocycles. The maximum Gasteiger partial charge on any atom is 0.340 e. The summed E-state index contributed by atoms with van der Waals surface area (Å²) in [7, 11) is 1.28. The number of hydrogen-bond acceptors (Lipinski definition) is 3. The molecule has 7 heteroatoms. The Morgan fingerprint density at radius 3 is 2.45 bits per heavy atom. The van der Waals surface area contributed by atoms with Gasteiger partial charge < -0.3 is 10.1 Å². The van der Waals surface area contributed by atoms with E-state index in [1.807, 2.05) is 0 Å². The summed E-state index contributed by atoms with van der Waals surface area (Å²) in [6.07, 6.45) is 0. The quantitative estimate of drug-likeness (QED) is 0.548. The van der Waals surface area contributed by atoms with E-state index in [0.717, 1.165) is 3.57 Å². The number of hydrogen-bond donors (Lipinski definition) is 1. The number of rotatable bonds is 3. The zero-order valence-electron chi connectivity index (χ0n) is 11.3. The van der Waals surface area contributed by atoms with Crippen molar-refractivity contribution in [3.63, 3.8) is 0 Å². The zero-order chi connectivity index (χ0) is 16.3. The predicted octanol–water partition coefficient (Wildman–Crippen LogP) is 4.64. The number of carbonyl (C=O) groups excluding carboxylic acids is 2. The molecule has 0 aliphatic rings. The van der Waals surface area contributed by atoms with Gasteiger partial charge in [0.1, 0.15) is 0 Å². The van der Waals surface area contributed by atoms with Gasteiger partial charge in [0.2, 0.25) is 0 Å². The van der Waals surface area contributed by atoms with Crippen LogP contribution in [0.3, 0.4) is 0 Å². The largest absolute Gasteiger partial charge is 0.465 e. The molecule has 2 rings (SSSR count). The second-order valence-corrected chi connectivity index (χ2v) is 6.35. The molecule has 0 fully saturated rings. The highest BCUT2D eigenvalue weighted by Gasteiger charge is 2.17. The van der Waals surface area contributed by atoms with Gasteiger partial charge in [-0.15, -0.1) is 0 Å². The van der Waals surface area contributed by atoms with Gasteiger partial charge in [-0.1, -0.05) is 23.2 Å². The van der Waals surface area contributed by atoms with Crippen LogP contribution in [0, 0.1) is 3.57 Å². The Bertz CT molecular complexity index is 750. The highest BCUT2D eigenvalue weighted by atomic mass is 127. The Kier molecular flexibility index (Phi) is 5.66. The van der Waals surface area contributed by atoms with Crippen LogP contribution in [0.1, 0.15) is 20.7 Å². The fraction of sp³-hybridized carbons (Fsp3) is 0.0667. The Labute approximate surface area is 150 Å². The van der Waals surface area contributed by atoms with E-state index >= 15 is 0 Å². The second-order valence-electron chi connectivity index (χ2n) is 4.26. The number of nitrogens with one attached hydrogen (secondary N) is 1. The van der Waals surface area contributed by atoms with Crippen LogP contribution < -0.4 is 5.32 Å². The first-order chi connectivity index (χ1) is 10.4. The lowest BCUT2D eigenvalue weighted by Gasteiger charge is -2.11. The third-order valence-corrected chi connectivity index (χ3v) is 4.03. The van der Waals surface area contributed by atoms with Crippen molar-refractivity contribution in [3.05, 3.63) is 61.1 Å². The van der Waals surface area contributed by atoms with E-state index in [-0.39, 0.29) is 16.1 Å². The normalized spacial score (nSPS) is 10.2. The number of amides is 1. The average Bonchev–Trinajstić information content (AvgIpc) is 2.48. The minimum absolute atomic E-state index is 0.232. The molecule has 2 aromatic carbocycles. The van der Waals surface area contributed by atoms with Gasteiger partial charge in [0.25, 0.3) is 5.91 Å². The van der Waals surface area contributed by atoms with Crippen LogP contribution in [0.2, 0.25) is 10.0 Å². The Hall–Kier alpha value is -1.31. The molecule has 0 unspecified atom stereocenters. The van der Waals surface area contributed by atoms with Gasteiger partial charge >= 0.3 is 5.97 Å². The van der Waals surface area contributed by atoms with Crippen molar-refractivity contribution in [2.75, 3.05) is 12.4 Å². The molecule has 1 N–H and O–H groups in total. The molecule has 0 atom stereocenters. The monoisotopic (exact) mass is 449 g/mol. The summed E-state index contributed by atoms with van der Waals surface area (Å²) in [5, 5.41) is 3.33. The number of benzene rings is 2. The van der Waals surface area contributed by atoms with Gasteiger partial charge in [0.05, 0.1) is 28.9 Å². The number of ether oxygens (including phenoxy) is 1. The number of carbonyl (C=O) groups is 2. The van der Waals surface area contributed by atoms with Crippen LogP contribution in [0.4, 0.5) is 5.69 Å². The van der Waals surface area contributed by atoms with E-state index in [2.05, 4.69) is 27.9 Å². The molecule has 0 aromatic heterocycles. The van der Waals surface area contributed by atoms with Crippen molar-refractivity contribution in [2.45, 2.75) is 0 Å². The highest BCUT2D eigenvalue weighted by Crippen LogP contribution is 2.24. The van der Waals surface area contributed by atoms with Gasteiger partial charge in [-0.25, -0.2) is 4.79 Å². The zero-order valence-corrected chi connectivity index (χ0v) is 15.0. The first-order valence-electron chi connectivity index (χ1n) is 6.06. The molecule has 4 nitrogen and oxygen atoms in total. The molecule has 0 radical (unpaired) electrons. The maximum absolute atomic E-state index is 12.3. The third kappa shape index (κ3) is 3.91. The van der Waals surface area contributed by atoms with Crippen molar-refractivity contribution in [1.82, 2.24) is 0 Å². The Morgan fingerprint density at radius 1 is 1.09 bits per heavy atom. The Balaban J connectivity index is 2.34. The molecule has 0 heterocycles. The van der Waals surface area contributed by atoms with Crippen molar-refractivity contribution in [2.24, 2.45) is 0 Å². The van der Waals surface area contributed by atoms with Gasteiger partial charge in [0, 0.05) is 8.59 Å². The highest BCUT2D eigenvalue weighted by molar-refractivity contribution is 14.1. The average molecular weight is 450 g/mol. The van der Waals surface area contributed by atoms with Gasteiger partial charge in [0.15, 0.2) is 0 Å². The molecule has 114 valence electrons. The molecule has 0 aliphatic carbocycles.